The van der Waals surface area contributed by atoms with Crippen molar-refractivity contribution in [1.82, 2.24) is 5.32 Å². The molecule has 62 heavy (non-hydrogen) atoms. The number of fused-ring (bicyclic) bond motifs is 1. The van der Waals surface area contributed by atoms with Crippen molar-refractivity contribution in [2.75, 3.05) is 0 Å². The molecule has 0 aromatic heterocycles. The second kappa shape index (κ2) is 17.7. The zero-order valence-electron chi connectivity index (χ0n) is 35.5. The highest BCUT2D eigenvalue weighted by Crippen LogP contribution is 2.53. The standard InChI is InChI=1S/C61H53N/c1-42(59-40-57(39-58-41-60(58)59)52-34-28-49(29-35-52)46-18-10-5-11-19-46)36-61(56-23-13-22-55(38-56)51-32-26-48(27-33-51)45-16-8-4-9-17-45)62-43(2)53-20-12-21-54(37-53)50-30-24-47(25-31-50)44-14-6-3-7-15-44/h3-30,32-35,37-40,43,50,58,60-62H,1,31,36,41H2,2H3. The molecule has 1 N–H and O–H groups in total. The molecule has 0 aliphatic heterocycles. The predicted octanol–water partition coefficient (Wildman–Crippen LogP) is 15.8. The summed E-state index contributed by atoms with van der Waals surface area (Å²) in [6.45, 7) is 7.18. The molecule has 3 aliphatic rings. The Balaban J connectivity index is 0.918. The first kappa shape index (κ1) is 39.3. The van der Waals surface area contributed by atoms with Crippen molar-refractivity contribution in [3.05, 3.63) is 264 Å². The van der Waals surface area contributed by atoms with Crippen LogP contribution in [0.3, 0.4) is 0 Å². The molecule has 5 atom stereocenters. The Hall–Kier alpha value is -6.80. The molecule has 1 heteroatoms. The molecule has 0 radical (unpaired) electrons. The molecule has 0 spiro atoms. The van der Waals surface area contributed by atoms with E-state index in [9.17, 15) is 0 Å². The Labute approximate surface area is 368 Å². The van der Waals surface area contributed by atoms with Crippen molar-refractivity contribution in [1.29, 1.82) is 0 Å². The molecular weight excluding hydrogens is 747 g/mol. The lowest BCUT2D eigenvalue weighted by Crippen LogP contribution is -2.25. The minimum atomic E-state index is 0.0632. The van der Waals surface area contributed by atoms with Gasteiger partial charge in [-0.1, -0.05) is 219 Å². The molecule has 7 aromatic rings. The predicted molar refractivity (Wildman–Crippen MR) is 262 cm³/mol. The van der Waals surface area contributed by atoms with Crippen LogP contribution in [-0.4, -0.2) is 0 Å². The monoisotopic (exact) mass is 799 g/mol. The highest BCUT2D eigenvalue weighted by atomic mass is 14.9. The van der Waals surface area contributed by atoms with Crippen LogP contribution in [0.15, 0.2) is 236 Å². The van der Waals surface area contributed by atoms with E-state index in [-0.39, 0.29) is 12.1 Å². The third kappa shape index (κ3) is 8.68. The van der Waals surface area contributed by atoms with E-state index in [4.69, 9.17) is 6.58 Å². The number of allylic oxidation sites excluding steroid dienone is 8. The van der Waals surface area contributed by atoms with E-state index in [1.807, 2.05) is 0 Å². The summed E-state index contributed by atoms with van der Waals surface area (Å²) in [7, 11) is 0. The highest BCUT2D eigenvalue weighted by molar-refractivity contribution is 5.80. The van der Waals surface area contributed by atoms with Crippen LogP contribution >= 0.6 is 0 Å². The lowest BCUT2D eigenvalue weighted by atomic mass is 9.86. The molecule has 0 bridgehead atoms. The van der Waals surface area contributed by atoms with Crippen LogP contribution in [0.1, 0.15) is 72.0 Å². The Morgan fingerprint density at radius 2 is 1.10 bits per heavy atom. The van der Waals surface area contributed by atoms with Gasteiger partial charge in [-0.25, -0.2) is 0 Å². The van der Waals surface area contributed by atoms with Gasteiger partial charge in [0.05, 0.1) is 0 Å². The molecule has 302 valence electrons. The van der Waals surface area contributed by atoms with E-state index in [1.165, 1.54) is 89.9 Å². The maximum absolute atomic E-state index is 4.86. The minimum Gasteiger partial charge on any atom is -0.303 e. The molecular formula is C61H53N. The van der Waals surface area contributed by atoms with Gasteiger partial charge in [0.15, 0.2) is 0 Å². The third-order valence-corrected chi connectivity index (χ3v) is 13.2. The van der Waals surface area contributed by atoms with E-state index in [2.05, 4.69) is 231 Å². The van der Waals surface area contributed by atoms with E-state index in [0.717, 1.165) is 12.8 Å². The Morgan fingerprint density at radius 1 is 0.565 bits per heavy atom. The summed E-state index contributed by atoms with van der Waals surface area (Å²) in [5.41, 5.74) is 19.2. The van der Waals surface area contributed by atoms with Crippen molar-refractivity contribution in [3.8, 4) is 33.4 Å². The largest absolute Gasteiger partial charge is 0.303 e. The van der Waals surface area contributed by atoms with Gasteiger partial charge in [0.1, 0.15) is 0 Å². The fraction of sp³-hybridized carbons (Fsp3) is 0.148. The minimum absolute atomic E-state index is 0.0632. The summed E-state index contributed by atoms with van der Waals surface area (Å²) in [5.74, 6) is 1.49. The normalized spacial score (nSPS) is 18.7. The average molecular weight is 800 g/mol. The summed E-state index contributed by atoms with van der Waals surface area (Å²) in [6.07, 6.45) is 15.0. The first-order chi connectivity index (χ1) is 30.5. The average Bonchev–Trinajstić information content (AvgIpc) is 4.15. The van der Waals surface area contributed by atoms with Crippen LogP contribution in [-0.2, 0) is 0 Å². The van der Waals surface area contributed by atoms with Crippen molar-refractivity contribution < 1.29 is 0 Å². The lowest BCUT2D eigenvalue weighted by molar-refractivity contribution is 0.463. The van der Waals surface area contributed by atoms with Crippen molar-refractivity contribution in [2.24, 2.45) is 11.8 Å². The number of hydrogen-bond donors (Lipinski definition) is 1. The summed E-state index contributed by atoms with van der Waals surface area (Å²) >= 11 is 0. The van der Waals surface area contributed by atoms with E-state index < -0.39 is 0 Å². The maximum Gasteiger partial charge on any atom is 0.0366 e. The quantitative estimate of drug-likeness (QED) is 0.122. The summed E-state index contributed by atoms with van der Waals surface area (Å²) < 4.78 is 0. The molecule has 0 heterocycles. The van der Waals surface area contributed by atoms with Gasteiger partial charge >= 0.3 is 0 Å². The van der Waals surface area contributed by atoms with Crippen LogP contribution in [0.2, 0.25) is 0 Å². The van der Waals surface area contributed by atoms with Crippen molar-refractivity contribution >= 4 is 11.1 Å². The lowest BCUT2D eigenvalue weighted by Gasteiger charge is -2.27. The summed E-state index contributed by atoms with van der Waals surface area (Å²) in [5, 5.41) is 4.15. The number of nitrogens with one attached hydrogen (secondary N) is 1. The van der Waals surface area contributed by atoms with Gasteiger partial charge in [-0.15, -0.1) is 0 Å². The number of rotatable bonds is 13. The van der Waals surface area contributed by atoms with Crippen LogP contribution in [0.5, 0.6) is 0 Å². The van der Waals surface area contributed by atoms with Crippen molar-refractivity contribution in [2.45, 2.75) is 44.2 Å². The van der Waals surface area contributed by atoms with Gasteiger partial charge in [-0.2, -0.15) is 0 Å². The number of hydrogen-bond acceptors (Lipinski definition) is 1. The van der Waals surface area contributed by atoms with Crippen molar-refractivity contribution in [3.63, 3.8) is 0 Å². The van der Waals surface area contributed by atoms with Crippen LogP contribution in [0, 0.1) is 11.8 Å². The molecule has 0 saturated heterocycles. The molecule has 10 rings (SSSR count). The van der Waals surface area contributed by atoms with Gasteiger partial charge in [0.2, 0.25) is 0 Å². The third-order valence-electron chi connectivity index (χ3n) is 13.2. The van der Waals surface area contributed by atoms with Gasteiger partial charge < -0.3 is 5.32 Å². The molecule has 1 saturated carbocycles. The maximum atomic E-state index is 4.86. The second-order valence-electron chi connectivity index (χ2n) is 17.4. The Morgan fingerprint density at radius 3 is 1.73 bits per heavy atom. The molecule has 3 aliphatic carbocycles. The Bertz CT molecular complexity index is 2800. The van der Waals surface area contributed by atoms with Gasteiger partial charge in [-0.05, 0) is 128 Å². The summed E-state index contributed by atoms with van der Waals surface area (Å²) in [4.78, 5) is 0. The Kier molecular flexibility index (Phi) is 11.2. The van der Waals surface area contributed by atoms with E-state index in [0.29, 0.717) is 17.8 Å². The van der Waals surface area contributed by atoms with Crippen LogP contribution in [0.25, 0.3) is 44.5 Å². The number of benzene rings is 7. The van der Waals surface area contributed by atoms with E-state index in [1.54, 1.807) is 0 Å². The zero-order valence-corrected chi connectivity index (χ0v) is 35.5. The topological polar surface area (TPSA) is 12.0 Å². The van der Waals surface area contributed by atoms with Gasteiger partial charge in [0.25, 0.3) is 0 Å². The molecule has 0 amide bonds. The smallest absolute Gasteiger partial charge is 0.0366 e. The fourth-order valence-electron chi connectivity index (χ4n) is 9.57. The zero-order chi connectivity index (χ0) is 41.8. The first-order valence-corrected chi connectivity index (χ1v) is 22.4. The second-order valence-corrected chi connectivity index (χ2v) is 17.4. The van der Waals surface area contributed by atoms with Gasteiger partial charge in [0, 0.05) is 18.0 Å². The molecule has 1 nitrogen and oxygen atoms in total. The molecule has 1 fully saturated rings. The van der Waals surface area contributed by atoms with Gasteiger partial charge in [-0.3, -0.25) is 0 Å². The van der Waals surface area contributed by atoms with Crippen LogP contribution < -0.4 is 5.32 Å². The fourth-order valence-corrected chi connectivity index (χ4v) is 9.57. The SMILES string of the molecule is C=C(CC(NC(C)c1cccc(C2C=CC(c3ccccc3)=CC2)c1)c1cccc(-c2ccc(-c3ccccc3)cc2)c1)C1=CC(c2ccc(-c3ccccc3)cc2)=CC2CC12. The van der Waals surface area contributed by atoms with E-state index >= 15 is 0 Å². The summed E-state index contributed by atoms with van der Waals surface area (Å²) in [6, 6.07) is 68.6. The molecule has 5 unspecified atom stereocenters. The highest BCUT2D eigenvalue weighted by Gasteiger charge is 2.41. The van der Waals surface area contributed by atoms with Crippen LogP contribution in [0.4, 0.5) is 0 Å². The molecule has 7 aromatic carbocycles. The first-order valence-electron chi connectivity index (χ1n) is 22.4.